The number of para-hydroxylation sites is 1. The van der Waals surface area contributed by atoms with Gasteiger partial charge < -0.3 is 15.1 Å². The number of nitrogens with zero attached hydrogens (tertiary/aromatic N) is 4. The molecule has 6 heteroatoms. The van der Waals surface area contributed by atoms with Crippen molar-refractivity contribution in [2.75, 3.05) is 34.2 Å². The van der Waals surface area contributed by atoms with E-state index in [-0.39, 0.29) is 5.91 Å². The molecule has 1 unspecified atom stereocenters. The summed E-state index contributed by atoms with van der Waals surface area (Å²) in [6.45, 7) is 2.62. The Balaban J connectivity index is 1.72. The Hall–Kier alpha value is -2.18. The van der Waals surface area contributed by atoms with Crippen molar-refractivity contribution in [1.82, 2.24) is 24.9 Å². The number of aromatic nitrogens is 2. The van der Waals surface area contributed by atoms with Crippen molar-refractivity contribution < 1.29 is 4.79 Å². The summed E-state index contributed by atoms with van der Waals surface area (Å²) in [5.74, 6) is -0.0377. The molecule has 1 fully saturated rings. The van der Waals surface area contributed by atoms with E-state index in [1.54, 1.807) is 4.68 Å². The predicted octanol–water partition coefficient (Wildman–Crippen LogP) is 2.15. The zero-order valence-corrected chi connectivity index (χ0v) is 16.0. The monoisotopic (exact) mass is 355 g/mol. The van der Waals surface area contributed by atoms with Crippen LogP contribution in [-0.4, -0.2) is 65.8 Å². The topological polar surface area (TPSA) is 53.4 Å². The number of likely N-dealkylation sites (tertiary alicyclic amines) is 1. The van der Waals surface area contributed by atoms with Gasteiger partial charge in [-0.25, -0.2) is 4.68 Å². The first-order valence-corrected chi connectivity index (χ1v) is 9.30. The Morgan fingerprint density at radius 1 is 1.31 bits per heavy atom. The van der Waals surface area contributed by atoms with Gasteiger partial charge in [0.15, 0.2) is 0 Å². The molecule has 0 bridgehead atoms. The second kappa shape index (κ2) is 8.47. The van der Waals surface area contributed by atoms with Crippen molar-refractivity contribution in [2.24, 2.45) is 0 Å². The molecule has 2 aromatic rings. The van der Waals surface area contributed by atoms with E-state index in [1.165, 1.54) is 12.8 Å². The number of nitrogens with one attached hydrogen (secondary N) is 1. The lowest BCUT2D eigenvalue weighted by molar-refractivity contribution is 0.0928. The SMILES string of the molecule is CN(C)Cc1cnn(-c2ccccc2C(=O)NCC2CCCCN2C)c1. The quantitative estimate of drug-likeness (QED) is 0.863. The van der Waals surface area contributed by atoms with Crippen LogP contribution in [0.4, 0.5) is 0 Å². The van der Waals surface area contributed by atoms with E-state index in [1.807, 2.05) is 50.8 Å². The van der Waals surface area contributed by atoms with Gasteiger partial charge in [-0.3, -0.25) is 4.79 Å². The molecular formula is C20H29N5O. The maximum atomic E-state index is 12.8. The van der Waals surface area contributed by atoms with Crippen molar-refractivity contribution in [3.05, 3.63) is 47.8 Å². The van der Waals surface area contributed by atoms with Gasteiger partial charge in [0.1, 0.15) is 0 Å². The van der Waals surface area contributed by atoms with E-state index >= 15 is 0 Å². The van der Waals surface area contributed by atoms with Gasteiger partial charge in [-0.2, -0.15) is 5.10 Å². The van der Waals surface area contributed by atoms with Crippen LogP contribution in [0.25, 0.3) is 5.69 Å². The molecule has 1 amide bonds. The number of benzene rings is 1. The first-order valence-electron chi connectivity index (χ1n) is 9.30. The molecule has 0 saturated carbocycles. The zero-order chi connectivity index (χ0) is 18.5. The Labute approximate surface area is 155 Å². The molecule has 1 aromatic carbocycles. The molecule has 140 valence electrons. The van der Waals surface area contributed by atoms with Gasteiger partial charge in [0.05, 0.1) is 17.4 Å². The molecule has 3 rings (SSSR count). The smallest absolute Gasteiger partial charge is 0.253 e. The van der Waals surface area contributed by atoms with Gasteiger partial charge >= 0.3 is 0 Å². The number of rotatable bonds is 6. The summed E-state index contributed by atoms with van der Waals surface area (Å²) < 4.78 is 1.79. The third-order valence-corrected chi connectivity index (χ3v) is 4.95. The third-order valence-electron chi connectivity index (χ3n) is 4.95. The van der Waals surface area contributed by atoms with Crippen LogP contribution in [0.5, 0.6) is 0 Å². The summed E-state index contributed by atoms with van der Waals surface area (Å²) in [6.07, 6.45) is 7.47. The van der Waals surface area contributed by atoms with Crippen molar-refractivity contribution >= 4 is 5.91 Å². The molecule has 1 N–H and O–H groups in total. The lowest BCUT2D eigenvalue weighted by Crippen LogP contribution is -2.44. The average Bonchev–Trinajstić information content (AvgIpc) is 3.08. The van der Waals surface area contributed by atoms with Crippen LogP contribution < -0.4 is 5.32 Å². The summed E-state index contributed by atoms with van der Waals surface area (Å²) in [7, 11) is 6.20. The molecule has 1 aliphatic rings. The minimum Gasteiger partial charge on any atom is -0.350 e. The van der Waals surface area contributed by atoms with Crippen LogP contribution in [-0.2, 0) is 6.54 Å². The van der Waals surface area contributed by atoms with Gasteiger partial charge in [-0.05, 0) is 52.7 Å². The normalized spacial score (nSPS) is 18.2. The molecule has 1 aromatic heterocycles. The molecule has 0 spiro atoms. The molecule has 6 nitrogen and oxygen atoms in total. The van der Waals surface area contributed by atoms with Crippen LogP contribution in [0.1, 0.15) is 35.2 Å². The largest absolute Gasteiger partial charge is 0.350 e. The van der Waals surface area contributed by atoms with Gasteiger partial charge in [-0.1, -0.05) is 18.6 Å². The van der Waals surface area contributed by atoms with E-state index < -0.39 is 0 Å². The first-order chi connectivity index (χ1) is 12.5. The second-order valence-electron chi connectivity index (χ2n) is 7.39. The van der Waals surface area contributed by atoms with Crippen LogP contribution in [0, 0.1) is 0 Å². The predicted molar refractivity (Wildman–Crippen MR) is 104 cm³/mol. The van der Waals surface area contributed by atoms with Crippen molar-refractivity contribution in [2.45, 2.75) is 31.8 Å². The van der Waals surface area contributed by atoms with Crippen molar-refractivity contribution in [1.29, 1.82) is 0 Å². The molecular weight excluding hydrogens is 326 g/mol. The van der Waals surface area contributed by atoms with E-state index in [9.17, 15) is 4.79 Å². The highest BCUT2D eigenvalue weighted by atomic mass is 16.1. The van der Waals surface area contributed by atoms with Crippen molar-refractivity contribution in [3.8, 4) is 5.69 Å². The minimum absolute atomic E-state index is 0.0377. The average molecular weight is 355 g/mol. The van der Waals surface area contributed by atoms with Crippen LogP contribution in [0.15, 0.2) is 36.7 Å². The highest BCUT2D eigenvalue weighted by molar-refractivity contribution is 5.97. The molecule has 0 radical (unpaired) electrons. The lowest BCUT2D eigenvalue weighted by Gasteiger charge is -2.32. The molecule has 0 aliphatic carbocycles. The first kappa shape index (κ1) is 18.6. The molecule has 1 atom stereocenters. The van der Waals surface area contributed by atoms with Crippen molar-refractivity contribution in [3.63, 3.8) is 0 Å². The summed E-state index contributed by atoms with van der Waals surface area (Å²) in [6, 6.07) is 8.07. The fourth-order valence-corrected chi connectivity index (χ4v) is 3.51. The maximum absolute atomic E-state index is 12.8. The van der Waals surface area contributed by atoms with E-state index in [2.05, 4.69) is 27.3 Å². The highest BCUT2D eigenvalue weighted by Gasteiger charge is 2.20. The van der Waals surface area contributed by atoms with Crippen LogP contribution in [0.3, 0.4) is 0 Å². The van der Waals surface area contributed by atoms with Gasteiger partial charge in [0, 0.05) is 30.9 Å². The zero-order valence-electron chi connectivity index (χ0n) is 16.0. The fourth-order valence-electron chi connectivity index (χ4n) is 3.51. The third kappa shape index (κ3) is 4.51. The number of amides is 1. The number of carbonyl (C=O) groups excluding carboxylic acids is 1. The molecule has 1 aliphatic heterocycles. The number of hydrogen-bond donors (Lipinski definition) is 1. The van der Waals surface area contributed by atoms with Crippen LogP contribution >= 0.6 is 0 Å². The summed E-state index contributed by atoms with van der Waals surface area (Å²) in [5.41, 5.74) is 2.59. The van der Waals surface area contributed by atoms with Gasteiger partial charge in [0.2, 0.25) is 0 Å². The standard InChI is InChI=1S/C20H29N5O/c1-23(2)14-16-12-22-25(15-16)19-10-5-4-9-18(19)20(26)21-13-17-8-6-7-11-24(17)3/h4-5,9-10,12,15,17H,6-8,11,13-14H2,1-3H3,(H,21,26). The maximum Gasteiger partial charge on any atom is 0.253 e. The highest BCUT2D eigenvalue weighted by Crippen LogP contribution is 2.17. The van der Waals surface area contributed by atoms with E-state index in [0.717, 1.165) is 30.8 Å². The Morgan fingerprint density at radius 2 is 2.12 bits per heavy atom. The molecule has 2 heterocycles. The van der Waals surface area contributed by atoms with E-state index in [4.69, 9.17) is 0 Å². The number of piperidine rings is 1. The molecule has 26 heavy (non-hydrogen) atoms. The lowest BCUT2D eigenvalue weighted by atomic mass is 10.0. The van der Waals surface area contributed by atoms with Crippen LogP contribution in [0.2, 0.25) is 0 Å². The Kier molecular flexibility index (Phi) is 6.06. The Morgan fingerprint density at radius 3 is 2.88 bits per heavy atom. The fraction of sp³-hybridized carbons (Fsp3) is 0.500. The van der Waals surface area contributed by atoms with E-state index in [0.29, 0.717) is 18.2 Å². The Bertz CT molecular complexity index is 739. The number of hydrogen-bond acceptors (Lipinski definition) is 4. The second-order valence-corrected chi connectivity index (χ2v) is 7.39. The van der Waals surface area contributed by atoms with Gasteiger partial charge in [0.25, 0.3) is 5.91 Å². The van der Waals surface area contributed by atoms with Gasteiger partial charge in [-0.15, -0.1) is 0 Å². The summed E-state index contributed by atoms with van der Waals surface area (Å²) in [4.78, 5) is 17.2. The number of likely N-dealkylation sites (N-methyl/N-ethyl adjacent to an activating group) is 1. The summed E-state index contributed by atoms with van der Waals surface area (Å²) >= 11 is 0. The minimum atomic E-state index is -0.0377. The molecule has 1 saturated heterocycles. The number of carbonyl (C=O) groups is 1. The summed E-state index contributed by atoms with van der Waals surface area (Å²) in [5, 5.41) is 7.56.